The second-order valence-corrected chi connectivity index (χ2v) is 7.99. The lowest BCUT2D eigenvalue weighted by molar-refractivity contribution is -0.150. The van der Waals surface area contributed by atoms with Crippen molar-refractivity contribution in [3.05, 3.63) is 17.0 Å². The van der Waals surface area contributed by atoms with Gasteiger partial charge in [-0.1, -0.05) is 13.8 Å². The van der Waals surface area contributed by atoms with E-state index in [1.165, 1.54) is 11.3 Å². The van der Waals surface area contributed by atoms with E-state index in [2.05, 4.69) is 10.6 Å². The fraction of sp³-hybridized carbons (Fsp3) is 0.500. The zero-order valence-corrected chi connectivity index (χ0v) is 16.7. The number of anilines is 1. The standard InChI is InChI=1S/C18H22N4O5S/c1-11(2)4-6-18(3)16(25)22(17(26)21-18)9-14(24)27-10-13(23)20-15-12(8-19)5-7-28-15/h5,7,11H,4,6,9-10H2,1-3H3,(H,20,23)(H,21,26)/t18-/m0/s1. The molecule has 1 aliphatic rings. The van der Waals surface area contributed by atoms with Gasteiger partial charge in [0, 0.05) is 0 Å². The van der Waals surface area contributed by atoms with Gasteiger partial charge < -0.3 is 15.4 Å². The van der Waals surface area contributed by atoms with Crippen LogP contribution in [0.2, 0.25) is 0 Å². The Morgan fingerprint density at radius 3 is 2.79 bits per heavy atom. The van der Waals surface area contributed by atoms with Crippen LogP contribution in [-0.2, 0) is 19.1 Å². The first-order chi connectivity index (χ1) is 13.2. The molecule has 0 radical (unpaired) electrons. The second kappa shape index (κ2) is 8.84. The van der Waals surface area contributed by atoms with Crippen LogP contribution < -0.4 is 10.6 Å². The molecule has 0 unspecified atom stereocenters. The SMILES string of the molecule is CC(C)CC[C@]1(C)NC(=O)N(CC(=O)OCC(=O)Nc2sccc2C#N)C1=O. The number of rotatable bonds is 8. The zero-order valence-electron chi connectivity index (χ0n) is 15.9. The Hall–Kier alpha value is -2.93. The Morgan fingerprint density at radius 2 is 2.14 bits per heavy atom. The minimum atomic E-state index is -1.05. The molecule has 150 valence electrons. The smallest absolute Gasteiger partial charge is 0.326 e. The first-order valence-corrected chi connectivity index (χ1v) is 9.61. The molecule has 0 saturated carbocycles. The molecule has 1 saturated heterocycles. The maximum atomic E-state index is 12.5. The lowest BCUT2D eigenvalue weighted by Crippen LogP contribution is -2.44. The fourth-order valence-corrected chi connectivity index (χ4v) is 3.37. The van der Waals surface area contributed by atoms with E-state index in [1.807, 2.05) is 19.9 Å². The van der Waals surface area contributed by atoms with Crippen molar-refractivity contribution in [3.8, 4) is 6.07 Å². The van der Waals surface area contributed by atoms with Crippen molar-refractivity contribution in [2.45, 2.75) is 39.2 Å². The largest absolute Gasteiger partial charge is 0.454 e. The fourth-order valence-electron chi connectivity index (χ4n) is 2.62. The molecule has 9 nitrogen and oxygen atoms in total. The van der Waals surface area contributed by atoms with E-state index in [4.69, 9.17) is 10.00 Å². The van der Waals surface area contributed by atoms with Crippen LogP contribution in [-0.4, -0.2) is 47.4 Å². The molecule has 1 aromatic rings. The van der Waals surface area contributed by atoms with Crippen LogP contribution in [0, 0.1) is 17.2 Å². The summed E-state index contributed by atoms with van der Waals surface area (Å²) in [6.45, 7) is 4.50. The first kappa shape index (κ1) is 21.4. The van der Waals surface area contributed by atoms with E-state index in [1.54, 1.807) is 18.4 Å². The molecule has 1 aromatic heterocycles. The number of nitriles is 1. The van der Waals surface area contributed by atoms with Crippen molar-refractivity contribution in [1.82, 2.24) is 10.2 Å². The second-order valence-electron chi connectivity index (χ2n) is 7.07. The van der Waals surface area contributed by atoms with Crippen LogP contribution in [0.3, 0.4) is 0 Å². The number of ether oxygens (including phenoxy) is 1. The van der Waals surface area contributed by atoms with Gasteiger partial charge in [-0.25, -0.2) is 4.79 Å². The number of nitrogens with zero attached hydrogens (tertiary/aromatic N) is 2. The highest BCUT2D eigenvalue weighted by molar-refractivity contribution is 7.14. The summed E-state index contributed by atoms with van der Waals surface area (Å²) >= 11 is 1.17. The van der Waals surface area contributed by atoms with E-state index in [0.29, 0.717) is 22.9 Å². The van der Waals surface area contributed by atoms with Crippen molar-refractivity contribution in [2.24, 2.45) is 5.92 Å². The number of urea groups is 1. The van der Waals surface area contributed by atoms with Gasteiger partial charge in [0.1, 0.15) is 23.2 Å². The molecule has 1 fully saturated rings. The number of hydrogen-bond acceptors (Lipinski definition) is 7. The molecule has 0 spiro atoms. The Balaban J connectivity index is 1.85. The van der Waals surface area contributed by atoms with E-state index < -0.39 is 42.5 Å². The van der Waals surface area contributed by atoms with Gasteiger partial charge in [0.2, 0.25) is 0 Å². The minimum Gasteiger partial charge on any atom is -0.454 e. The Bertz CT molecular complexity index is 828. The number of imide groups is 1. The molecule has 0 aliphatic carbocycles. The summed E-state index contributed by atoms with van der Waals surface area (Å²) in [5, 5.41) is 16.0. The highest BCUT2D eigenvalue weighted by Gasteiger charge is 2.48. The molecule has 0 aromatic carbocycles. The van der Waals surface area contributed by atoms with Crippen molar-refractivity contribution in [3.63, 3.8) is 0 Å². The van der Waals surface area contributed by atoms with E-state index in [9.17, 15) is 19.2 Å². The summed E-state index contributed by atoms with van der Waals surface area (Å²) in [6, 6.07) is 2.83. The van der Waals surface area contributed by atoms with Gasteiger partial charge in [0.25, 0.3) is 11.8 Å². The van der Waals surface area contributed by atoms with Crippen LogP contribution in [0.1, 0.15) is 39.2 Å². The summed E-state index contributed by atoms with van der Waals surface area (Å²) in [5.41, 5.74) is -0.740. The third kappa shape index (κ3) is 5.07. The number of carbonyl (C=O) groups is 4. The quantitative estimate of drug-likeness (QED) is 0.501. The number of esters is 1. The Morgan fingerprint density at radius 1 is 1.43 bits per heavy atom. The molecule has 1 aliphatic heterocycles. The van der Waals surface area contributed by atoms with Crippen molar-refractivity contribution >= 4 is 40.2 Å². The van der Waals surface area contributed by atoms with Crippen LogP contribution in [0.15, 0.2) is 11.4 Å². The average molecular weight is 406 g/mol. The highest BCUT2D eigenvalue weighted by Crippen LogP contribution is 2.25. The van der Waals surface area contributed by atoms with Crippen LogP contribution in [0.5, 0.6) is 0 Å². The third-order valence-corrected chi connectivity index (χ3v) is 5.09. The van der Waals surface area contributed by atoms with Crippen molar-refractivity contribution < 1.29 is 23.9 Å². The molecule has 1 atom stereocenters. The highest BCUT2D eigenvalue weighted by atomic mass is 32.1. The summed E-state index contributed by atoms with van der Waals surface area (Å²) < 4.78 is 4.85. The molecular formula is C18H22N4O5S. The van der Waals surface area contributed by atoms with Gasteiger partial charge in [0.05, 0.1) is 5.56 Å². The number of hydrogen-bond donors (Lipinski definition) is 2. The number of thiophene rings is 1. The maximum absolute atomic E-state index is 12.5. The molecule has 4 amide bonds. The van der Waals surface area contributed by atoms with Crippen molar-refractivity contribution in [1.29, 1.82) is 5.26 Å². The summed E-state index contributed by atoms with van der Waals surface area (Å²) in [7, 11) is 0. The molecule has 2 N–H and O–H groups in total. The van der Waals surface area contributed by atoms with E-state index >= 15 is 0 Å². The summed E-state index contributed by atoms with van der Waals surface area (Å²) in [4.78, 5) is 49.2. The molecular weight excluding hydrogens is 384 g/mol. The predicted octanol–water partition coefficient (Wildman–Crippen LogP) is 1.85. The van der Waals surface area contributed by atoms with Crippen LogP contribution in [0.25, 0.3) is 0 Å². The van der Waals surface area contributed by atoms with E-state index in [0.717, 1.165) is 11.3 Å². The number of amides is 4. The zero-order chi connectivity index (χ0) is 20.9. The lowest BCUT2D eigenvalue weighted by Gasteiger charge is -2.22. The number of carbonyl (C=O) groups excluding carboxylic acids is 4. The molecule has 2 heterocycles. The Labute approximate surface area is 166 Å². The topological polar surface area (TPSA) is 129 Å². The van der Waals surface area contributed by atoms with Gasteiger partial charge in [-0.2, -0.15) is 5.26 Å². The summed E-state index contributed by atoms with van der Waals surface area (Å²) in [5.74, 6) is -1.62. The predicted molar refractivity (Wildman–Crippen MR) is 101 cm³/mol. The normalized spacial score (nSPS) is 18.8. The van der Waals surface area contributed by atoms with Gasteiger partial charge in [-0.05, 0) is 37.1 Å². The van der Waals surface area contributed by atoms with Gasteiger partial charge in [-0.3, -0.25) is 19.3 Å². The van der Waals surface area contributed by atoms with Crippen LogP contribution in [0.4, 0.5) is 9.80 Å². The monoisotopic (exact) mass is 406 g/mol. The van der Waals surface area contributed by atoms with Crippen LogP contribution >= 0.6 is 11.3 Å². The average Bonchev–Trinajstić information content (AvgIpc) is 3.16. The van der Waals surface area contributed by atoms with Gasteiger partial charge >= 0.3 is 12.0 Å². The Kier molecular flexibility index (Phi) is 6.75. The molecule has 2 rings (SSSR count). The molecule has 28 heavy (non-hydrogen) atoms. The third-order valence-electron chi connectivity index (χ3n) is 4.26. The first-order valence-electron chi connectivity index (χ1n) is 8.73. The van der Waals surface area contributed by atoms with E-state index in [-0.39, 0.29) is 0 Å². The minimum absolute atomic E-state index is 0.310. The molecule has 10 heteroatoms. The maximum Gasteiger partial charge on any atom is 0.326 e. The lowest BCUT2D eigenvalue weighted by atomic mass is 9.92. The van der Waals surface area contributed by atoms with Gasteiger partial charge in [0.15, 0.2) is 6.61 Å². The number of nitrogens with one attached hydrogen (secondary N) is 2. The molecule has 0 bridgehead atoms. The van der Waals surface area contributed by atoms with Crippen molar-refractivity contribution in [2.75, 3.05) is 18.5 Å². The summed E-state index contributed by atoms with van der Waals surface area (Å²) in [6.07, 6.45) is 1.21. The van der Waals surface area contributed by atoms with Gasteiger partial charge in [-0.15, -0.1) is 11.3 Å².